The predicted octanol–water partition coefficient (Wildman–Crippen LogP) is 4.68. The van der Waals surface area contributed by atoms with Gasteiger partial charge in [-0.25, -0.2) is 0 Å². The third-order valence-electron chi connectivity index (χ3n) is 4.17. The Hall–Kier alpha value is -0.720. The summed E-state index contributed by atoms with van der Waals surface area (Å²) in [6.07, 6.45) is 10.4. The lowest BCUT2D eigenvalue weighted by Gasteiger charge is -2.19. The van der Waals surface area contributed by atoms with E-state index in [1.807, 2.05) is 0 Å². The fraction of sp³-hybridized carbons (Fsp3) is 0.667. The highest BCUT2D eigenvalue weighted by molar-refractivity contribution is 7.86. The van der Waals surface area contributed by atoms with Gasteiger partial charge in [-0.3, -0.25) is 9.12 Å². The van der Waals surface area contributed by atoms with Gasteiger partial charge in [0.05, 0.1) is 0 Å². The van der Waals surface area contributed by atoms with Gasteiger partial charge in [-0.15, -0.1) is 0 Å². The summed E-state index contributed by atoms with van der Waals surface area (Å²) in [6, 6.07) is 0. The van der Waals surface area contributed by atoms with Crippen LogP contribution < -0.4 is 0 Å². The lowest BCUT2D eigenvalue weighted by atomic mass is 9.93. The van der Waals surface area contributed by atoms with Gasteiger partial charge in [-0.05, 0) is 44.9 Å². The minimum Gasteiger partial charge on any atom is -0.321 e. The summed E-state index contributed by atoms with van der Waals surface area (Å²) in [5.41, 5.74) is 1.31. The SMILES string of the molecule is CC(C)=CCCC(C)CCCC(C)C(C=CC=CP(=O)(O)O)S(=O)(=O)O. The average molecular weight is 408 g/mol. The van der Waals surface area contributed by atoms with Gasteiger partial charge in [-0.2, -0.15) is 8.42 Å². The summed E-state index contributed by atoms with van der Waals surface area (Å²) in [7, 11) is -8.56. The van der Waals surface area contributed by atoms with Crippen LogP contribution in [0.5, 0.6) is 0 Å². The molecule has 3 unspecified atom stereocenters. The van der Waals surface area contributed by atoms with Crippen LogP contribution in [0.3, 0.4) is 0 Å². The Labute approximate surface area is 158 Å². The Bertz CT molecular complexity index is 641. The van der Waals surface area contributed by atoms with E-state index in [2.05, 4.69) is 26.8 Å². The van der Waals surface area contributed by atoms with Crippen molar-refractivity contribution in [3.05, 3.63) is 35.7 Å². The molecule has 0 aliphatic heterocycles. The van der Waals surface area contributed by atoms with E-state index in [1.54, 1.807) is 6.92 Å². The minimum absolute atomic E-state index is 0.297. The van der Waals surface area contributed by atoms with Crippen molar-refractivity contribution < 1.29 is 27.3 Å². The Balaban J connectivity index is 4.60. The first-order valence-corrected chi connectivity index (χ1v) is 12.0. The molecule has 0 aromatic rings. The standard InChI is InChI=1S/C18H33O6PS/c1-15(2)9-7-10-16(3)11-8-12-17(4)18(26(22,23)24)13-5-6-14-25(19,20)21/h5-6,9,13-14,16-18H,7-8,10-12H2,1-4H3,(H2,19,20,21)(H,22,23,24). The van der Waals surface area contributed by atoms with E-state index in [0.29, 0.717) is 18.2 Å². The maximum atomic E-state index is 11.6. The molecule has 0 aliphatic carbocycles. The van der Waals surface area contributed by atoms with Gasteiger partial charge < -0.3 is 9.79 Å². The Kier molecular flexibility index (Phi) is 11.6. The van der Waals surface area contributed by atoms with Crippen LogP contribution in [-0.4, -0.2) is 28.0 Å². The summed E-state index contributed by atoms with van der Waals surface area (Å²) in [5, 5.41) is -1.09. The first kappa shape index (κ1) is 25.3. The van der Waals surface area contributed by atoms with Crippen LogP contribution in [0.25, 0.3) is 0 Å². The van der Waals surface area contributed by atoms with Crippen LogP contribution in [-0.2, 0) is 14.7 Å². The van der Waals surface area contributed by atoms with Crippen LogP contribution in [0.15, 0.2) is 35.7 Å². The van der Waals surface area contributed by atoms with Crippen molar-refractivity contribution in [3.8, 4) is 0 Å². The van der Waals surface area contributed by atoms with Crippen LogP contribution >= 0.6 is 7.60 Å². The van der Waals surface area contributed by atoms with Gasteiger partial charge >= 0.3 is 7.60 Å². The second kappa shape index (κ2) is 11.9. The molecule has 0 spiro atoms. The van der Waals surface area contributed by atoms with Crippen molar-refractivity contribution in [1.29, 1.82) is 0 Å². The zero-order valence-corrected chi connectivity index (χ0v) is 17.8. The molecule has 0 amide bonds. The molecule has 3 N–H and O–H groups in total. The molecule has 0 saturated carbocycles. The van der Waals surface area contributed by atoms with E-state index >= 15 is 0 Å². The second-order valence-corrected chi connectivity index (χ2v) is 10.2. The summed E-state index contributed by atoms with van der Waals surface area (Å²) in [6.45, 7) is 8.08. The molecule has 8 heteroatoms. The maximum Gasteiger partial charge on any atom is 0.349 e. The average Bonchev–Trinajstić information content (AvgIpc) is 2.43. The van der Waals surface area contributed by atoms with Gasteiger partial charge in [0.25, 0.3) is 10.1 Å². The molecular weight excluding hydrogens is 375 g/mol. The number of rotatable bonds is 12. The maximum absolute atomic E-state index is 11.6. The molecule has 0 radical (unpaired) electrons. The molecule has 26 heavy (non-hydrogen) atoms. The smallest absolute Gasteiger partial charge is 0.321 e. The van der Waals surface area contributed by atoms with E-state index in [1.165, 1.54) is 17.7 Å². The summed E-state index contributed by atoms with van der Waals surface area (Å²) in [4.78, 5) is 17.5. The summed E-state index contributed by atoms with van der Waals surface area (Å²) < 4.78 is 43.3. The topological polar surface area (TPSA) is 112 Å². The van der Waals surface area contributed by atoms with Crippen LogP contribution in [0.1, 0.15) is 59.8 Å². The molecule has 0 fully saturated rings. The third kappa shape index (κ3) is 13.5. The van der Waals surface area contributed by atoms with Gasteiger partial charge in [-0.1, -0.05) is 56.6 Å². The van der Waals surface area contributed by atoms with Crippen molar-refractivity contribution >= 4 is 17.7 Å². The molecule has 152 valence electrons. The molecule has 0 aromatic carbocycles. The Morgan fingerprint density at radius 3 is 2.19 bits per heavy atom. The summed E-state index contributed by atoms with van der Waals surface area (Å²) >= 11 is 0. The molecule has 0 heterocycles. The van der Waals surface area contributed by atoms with E-state index in [4.69, 9.17) is 9.79 Å². The highest BCUT2D eigenvalue weighted by Crippen LogP contribution is 2.35. The van der Waals surface area contributed by atoms with Crippen molar-refractivity contribution in [2.24, 2.45) is 11.8 Å². The number of hydrogen-bond acceptors (Lipinski definition) is 3. The van der Waals surface area contributed by atoms with Gasteiger partial charge in [0.1, 0.15) is 5.25 Å². The molecule has 0 rings (SSSR count). The van der Waals surface area contributed by atoms with Crippen LogP contribution in [0, 0.1) is 11.8 Å². The molecule has 0 aliphatic rings. The molecule has 0 bridgehead atoms. The molecular formula is C18H33O6PS. The van der Waals surface area contributed by atoms with Crippen LogP contribution in [0.4, 0.5) is 0 Å². The predicted molar refractivity (Wildman–Crippen MR) is 107 cm³/mol. The molecule has 6 nitrogen and oxygen atoms in total. The van der Waals surface area contributed by atoms with Crippen molar-refractivity contribution in [2.75, 3.05) is 0 Å². The zero-order valence-electron chi connectivity index (χ0n) is 16.1. The second-order valence-electron chi connectivity index (χ2n) is 7.17. The van der Waals surface area contributed by atoms with E-state index in [0.717, 1.165) is 31.8 Å². The number of hydrogen-bond donors (Lipinski definition) is 3. The summed E-state index contributed by atoms with van der Waals surface area (Å²) in [5.74, 6) is 0.932. The fourth-order valence-corrected chi connectivity index (χ4v) is 4.01. The first-order valence-electron chi connectivity index (χ1n) is 8.84. The molecule has 0 saturated heterocycles. The zero-order chi connectivity index (χ0) is 20.4. The lowest BCUT2D eigenvalue weighted by Crippen LogP contribution is -2.25. The van der Waals surface area contributed by atoms with Crippen molar-refractivity contribution in [1.82, 2.24) is 0 Å². The van der Waals surface area contributed by atoms with Crippen LogP contribution in [0.2, 0.25) is 0 Å². The Morgan fingerprint density at radius 2 is 1.69 bits per heavy atom. The quantitative estimate of drug-likeness (QED) is 0.187. The lowest BCUT2D eigenvalue weighted by molar-refractivity contribution is 0.386. The fourth-order valence-electron chi connectivity index (χ4n) is 2.67. The minimum atomic E-state index is -4.28. The first-order chi connectivity index (χ1) is 11.8. The van der Waals surface area contributed by atoms with E-state index in [9.17, 15) is 17.5 Å². The van der Waals surface area contributed by atoms with Gasteiger partial charge in [0, 0.05) is 5.82 Å². The largest absolute Gasteiger partial charge is 0.349 e. The van der Waals surface area contributed by atoms with Crippen molar-refractivity contribution in [3.63, 3.8) is 0 Å². The number of allylic oxidation sites excluding steroid dienone is 4. The highest BCUT2D eigenvalue weighted by atomic mass is 32.2. The Morgan fingerprint density at radius 1 is 1.08 bits per heavy atom. The molecule has 0 aromatic heterocycles. The monoisotopic (exact) mass is 408 g/mol. The van der Waals surface area contributed by atoms with Gasteiger partial charge in [0.15, 0.2) is 0 Å². The highest BCUT2D eigenvalue weighted by Gasteiger charge is 2.26. The van der Waals surface area contributed by atoms with Crippen molar-refractivity contribution in [2.45, 2.75) is 65.0 Å². The normalized spacial score (nSPS) is 16.7. The third-order valence-corrected chi connectivity index (χ3v) is 6.04. The van der Waals surface area contributed by atoms with Gasteiger partial charge in [0.2, 0.25) is 0 Å². The molecule has 3 atom stereocenters. The van der Waals surface area contributed by atoms with E-state index < -0.39 is 23.0 Å². The van der Waals surface area contributed by atoms with E-state index in [-0.39, 0.29) is 5.92 Å².